The van der Waals surface area contributed by atoms with Gasteiger partial charge in [0.25, 0.3) is 0 Å². The Labute approximate surface area is 125 Å². The van der Waals surface area contributed by atoms with Gasteiger partial charge < -0.3 is 4.90 Å². The van der Waals surface area contributed by atoms with Gasteiger partial charge in [0.1, 0.15) is 0 Å². The highest BCUT2D eigenvalue weighted by Gasteiger charge is 2.01. The van der Waals surface area contributed by atoms with Crippen LogP contribution < -0.4 is 0 Å². The standard InChI is InChI=1S/C17H17ClN2/c1-3-19-13-20(2)12-14-5-4-6-16(11-14)15-7-9-17(18)10-8-15/h3-11,13H,1,12H2,2H3. The second-order valence-electron chi connectivity index (χ2n) is 4.57. The summed E-state index contributed by atoms with van der Waals surface area (Å²) in [5.74, 6) is 0. The summed E-state index contributed by atoms with van der Waals surface area (Å²) in [6.45, 7) is 4.37. The first kappa shape index (κ1) is 14.4. The van der Waals surface area contributed by atoms with Gasteiger partial charge in [-0.05, 0) is 34.9 Å². The van der Waals surface area contributed by atoms with Gasteiger partial charge in [-0.15, -0.1) is 0 Å². The summed E-state index contributed by atoms with van der Waals surface area (Å²) in [4.78, 5) is 6.02. The van der Waals surface area contributed by atoms with E-state index in [2.05, 4.69) is 35.8 Å². The van der Waals surface area contributed by atoms with Gasteiger partial charge in [-0.1, -0.05) is 48.5 Å². The van der Waals surface area contributed by atoms with Gasteiger partial charge in [-0.25, -0.2) is 4.99 Å². The van der Waals surface area contributed by atoms with Crippen LogP contribution in [0.15, 0.2) is 66.3 Å². The molecule has 2 aromatic carbocycles. The molecule has 0 N–H and O–H groups in total. The topological polar surface area (TPSA) is 15.6 Å². The van der Waals surface area contributed by atoms with Crippen LogP contribution in [-0.2, 0) is 6.54 Å². The van der Waals surface area contributed by atoms with Crippen molar-refractivity contribution in [2.75, 3.05) is 7.05 Å². The molecule has 2 nitrogen and oxygen atoms in total. The van der Waals surface area contributed by atoms with Crippen molar-refractivity contribution in [2.45, 2.75) is 6.54 Å². The van der Waals surface area contributed by atoms with Crippen LogP contribution in [0.25, 0.3) is 11.1 Å². The molecule has 0 radical (unpaired) electrons. The molecule has 0 aliphatic carbocycles. The Morgan fingerprint density at radius 1 is 1.15 bits per heavy atom. The molecule has 0 bridgehead atoms. The Balaban J connectivity index is 2.17. The molecule has 0 saturated heterocycles. The molecule has 3 heteroatoms. The fraction of sp³-hybridized carbons (Fsp3) is 0.118. The molecule has 0 heterocycles. The fourth-order valence-electron chi connectivity index (χ4n) is 1.98. The maximum Gasteiger partial charge on any atom is 0.0905 e. The maximum absolute atomic E-state index is 5.92. The lowest BCUT2D eigenvalue weighted by Crippen LogP contribution is -2.15. The van der Waals surface area contributed by atoms with E-state index in [9.17, 15) is 0 Å². The average molecular weight is 285 g/mol. The number of hydrogen-bond donors (Lipinski definition) is 0. The highest BCUT2D eigenvalue weighted by Crippen LogP contribution is 2.22. The number of rotatable bonds is 5. The first-order valence-corrected chi connectivity index (χ1v) is 6.76. The van der Waals surface area contributed by atoms with Crippen molar-refractivity contribution in [1.29, 1.82) is 0 Å². The van der Waals surface area contributed by atoms with Gasteiger partial charge in [0.05, 0.1) is 6.34 Å². The fourth-order valence-corrected chi connectivity index (χ4v) is 2.11. The lowest BCUT2D eigenvalue weighted by molar-refractivity contribution is 0.516. The molecular formula is C17H17ClN2. The van der Waals surface area contributed by atoms with Gasteiger partial charge in [-0.2, -0.15) is 0 Å². The molecule has 2 rings (SSSR count). The number of nitrogens with zero attached hydrogens (tertiary/aromatic N) is 2. The van der Waals surface area contributed by atoms with Gasteiger partial charge in [0, 0.05) is 24.8 Å². The molecule has 0 fully saturated rings. The van der Waals surface area contributed by atoms with Crippen molar-refractivity contribution in [3.63, 3.8) is 0 Å². The molecule has 0 unspecified atom stereocenters. The third-order valence-electron chi connectivity index (χ3n) is 2.91. The summed E-state index contributed by atoms with van der Waals surface area (Å²) >= 11 is 5.92. The smallest absolute Gasteiger partial charge is 0.0905 e. The quantitative estimate of drug-likeness (QED) is 0.578. The summed E-state index contributed by atoms with van der Waals surface area (Å²) in [5.41, 5.74) is 3.59. The van der Waals surface area contributed by atoms with Gasteiger partial charge in [0.15, 0.2) is 0 Å². The molecule has 0 spiro atoms. The van der Waals surface area contributed by atoms with Crippen molar-refractivity contribution in [3.05, 3.63) is 71.9 Å². The Morgan fingerprint density at radius 3 is 2.60 bits per heavy atom. The van der Waals surface area contributed by atoms with Gasteiger partial charge >= 0.3 is 0 Å². The first-order chi connectivity index (χ1) is 9.69. The minimum Gasteiger partial charge on any atom is -0.361 e. The van der Waals surface area contributed by atoms with Crippen molar-refractivity contribution in [1.82, 2.24) is 4.90 Å². The minimum atomic E-state index is 0.755. The van der Waals surface area contributed by atoms with E-state index in [1.807, 2.05) is 36.2 Å². The summed E-state index contributed by atoms with van der Waals surface area (Å²) in [7, 11) is 1.99. The van der Waals surface area contributed by atoms with Crippen LogP contribution in [0, 0.1) is 0 Å². The Morgan fingerprint density at radius 2 is 1.90 bits per heavy atom. The molecular weight excluding hydrogens is 268 g/mol. The second kappa shape index (κ2) is 6.92. The van der Waals surface area contributed by atoms with E-state index in [0.717, 1.165) is 11.6 Å². The van der Waals surface area contributed by atoms with Crippen molar-refractivity contribution in [3.8, 4) is 11.1 Å². The molecule has 0 aliphatic rings. The second-order valence-corrected chi connectivity index (χ2v) is 5.01. The molecule has 0 aromatic heterocycles. The van der Waals surface area contributed by atoms with E-state index in [4.69, 9.17) is 11.6 Å². The van der Waals surface area contributed by atoms with E-state index in [-0.39, 0.29) is 0 Å². The number of benzene rings is 2. The Kier molecular flexibility index (Phi) is 4.97. The Hall–Kier alpha value is -2.06. The predicted octanol–water partition coefficient (Wildman–Crippen LogP) is 4.61. The SMILES string of the molecule is C=CN=CN(C)Cc1cccc(-c2ccc(Cl)cc2)c1. The molecule has 20 heavy (non-hydrogen) atoms. The van der Waals surface area contributed by atoms with Crippen molar-refractivity contribution in [2.24, 2.45) is 4.99 Å². The van der Waals surface area contributed by atoms with Crippen LogP contribution >= 0.6 is 11.6 Å². The maximum atomic E-state index is 5.92. The van der Waals surface area contributed by atoms with E-state index < -0.39 is 0 Å². The lowest BCUT2D eigenvalue weighted by Gasteiger charge is -2.13. The van der Waals surface area contributed by atoms with Gasteiger partial charge in [0.2, 0.25) is 0 Å². The van der Waals surface area contributed by atoms with Crippen LogP contribution in [0.2, 0.25) is 5.02 Å². The summed E-state index contributed by atoms with van der Waals surface area (Å²) < 4.78 is 0. The zero-order valence-electron chi connectivity index (χ0n) is 11.5. The molecule has 0 aliphatic heterocycles. The van der Waals surface area contributed by atoms with E-state index in [1.54, 1.807) is 6.34 Å². The normalized spacial score (nSPS) is 10.7. The monoisotopic (exact) mass is 284 g/mol. The van der Waals surface area contributed by atoms with Crippen LogP contribution in [0.4, 0.5) is 0 Å². The van der Waals surface area contributed by atoms with Crippen molar-refractivity contribution < 1.29 is 0 Å². The van der Waals surface area contributed by atoms with E-state index in [1.165, 1.54) is 22.9 Å². The van der Waals surface area contributed by atoms with E-state index >= 15 is 0 Å². The summed E-state index contributed by atoms with van der Waals surface area (Å²) in [5, 5.41) is 0.755. The van der Waals surface area contributed by atoms with Crippen LogP contribution in [0.1, 0.15) is 5.56 Å². The molecule has 0 saturated carbocycles. The van der Waals surface area contributed by atoms with Gasteiger partial charge in [-0.3, -0.25) is 0 Å². The van der Waals surface area contributed by atoms with Crippen LogP contribution in [0.3, 0.4) is 0 Å². The zero-order valence-corrected chi connectivity index (χ0v) is 12.2. The molecule has 2 aromatic rings. The number of aliphatic imine (C=N–C) groups is 1. The zero-order chi connectivity index (χ0) is 14.4. The third-order valence-corrected chi connectivity index (χ3v) is 3.16. The highest BCUT2D eigenvalue weighted by molar-refractivity contribution is 6.30. The minimum absolute atomic E-state index is 0.755. The predicted molar refractivity (Wildman–Crippen MR) is 87.0 cm³/mol. The molecule has 0 amide bonds. The van der Waals surface area contributed by atoms with E-state index in [0.29, 0.717) is 0 Å². The molecule has 0 atom stereocenters. The largest absolute Gasteiger partial charge is 0.361 e. The third kappa shape index (κ3) is 3.97. The highest BCUT2D eigenvalue weighted by atomic mass is 35.5. The van der Waals surface area contributed by atoms with Crippen LogP contribution in [-0.4, -0.2) is 18.3 Å². The van der Waals surface area contributed by atoms with Crippen molar-refractivity contribution >= 4 is 17.9 Å². The molecule has 102 valence electrons. The summed E-state index contributed by atoms with van der Waals surface area (Å²) in [6.07, 6.45) is 3.29. The lowest BCUT2D eigenvalue weighted by atomic mass is 10.0. The Bertz CT molecular complexity index is 603. The first-order valence-electron chi connectivity index (χ1n) is 6.38. The average Bonchev–Trinajstić information content (AvgIpc) is 2.46. The summed E-state index contributed by atoms with van der Waals surface area (Å²) in [6, 6.07) is 16.3. The van der Waals surface area contributed by atoms with Crippen LogP contribution in [0.5, 0.6) is 0 Å². The number of halogens is 1. The number of hydrogen-bond acceptors (Lipinski definition) is 1.